The van der Waals surface area contributed by atoms with Crippen LogP contribution in [0, 0.1) is 23.2 Å². The Morgan fingerprint density at radius 2 is 2.05 bits per heavy atom. The molecule has 3 heteroatoms. The zero-order valence-corrected chi connectivity index (χ0v) is 14.8. The molecule has 1 aliphatic carbocycles. The van der Waals surface area contributed by atoms with Crippen LogP contribution in [0.4, 0.5) is 0 Å². The molecule has 21 heavy (non-hydrogen) atoms. The fourth-order valence-electron chi connectivity index (χ4n) is 3.59. The van der Waals surface area contributed by atoms with E-state index >= 15 is 0 Å². The molecule has 0 bridgehead atoms. The van der Waals surface area contributed by atoms with E-state index in [-0.39, 0.29) is 5.54 Å². The maximum absolute atomic E-state index is 9.71. The van der Waals surface area contributed by atoms with Gasteiger partial charge in [-0.1, -0.05) is 27.2 Å². The van der Waals surface area contributed by atoms with Crippen molar-refractivity contribution in [1.82, 2.24) is 10.2 Å². The Kier molecular flexibility index (Phi) is 7.70. The molecule has 3 nitrogen and oxygen atoms in total. The molecule has 1 rings (SSSR count). The number of nitrogens with zero attached hydrogens (tertiary/aromatic N) is 2. The molecule has 1 N–H and O–H groups in total. The summed E-state index contributed by atoms with van der Waals surface area (Å²) in [5.74, 6) is 1.22. The Bertz CT molecular complexity index is 332. The van der Waals surface area contributed by atoms with Crippen molar-refractivity contribution < 1.29 is 0 Å². The monoisotopic (exact) mass is 293 g/mol. The van der Waals surface area contributed by atoms with Gasteiger partial charge in [0.05, 0.1) is 6.07 Å². The summed E-state index contributed by atoms with van der Waals surface area (Å²) in [6.45, 7) is 14.5. The van der Waals surface area contributed by atoms with Gasteiger partial charge in [0.1, 0.15) is 5.54 Å². The van der Waals surface area contributed by atoms with E-state index in [1.54, 1.807) is 0 Å². The molecule has 0 saturated heterocycles. The molecule has 0 aromatic heterocycles. The summed E-state index contributed by atoms with van der Waals surface area (Å²) in [4.78, 5) is 2.57. The second-order valence-corrected chi connectivity index (χ2v) is 7.37. The fraction of sp³-hybridized carbons (Fsp3) is 0.944. The molecule has 0 aliphatic heterocycles. The van der Waals surface area contributed by atoms with E-state index in [4.69, 9.17) is 0 Å². The number of nitriles is 1. The van der Waals surface area contributed by atoms with Gasteiger partial charge in [-0.05, 0) is 64.5 Å². The van der Waals surface area contributed by atoms with Gasteiger partial charge in [0.2, 0.25) is 0 Å². The smallest absolute Gasteiger partial charge is 0.109 e. The molecule has 2 atom stereocenters. The number of hydrogen-bond acceptors (Lipinski definition) is 3. The predicted molar refractivity (Wildman–Crippen MR) is 90.1 cm³/mol. The first kappa shape index (κ1) is 18.5. The minimum Gasteiger partial charge on any atom is -0.301 e. The normalized spacial score (nSPS) is 26.0. The van der Waals surface area contributed by atoms with Gasteiger partial charge in [0, 0.05) is 12.6 Å². The van der Waals surface area contributed by atoms with Gasteiger partial charge in [-0.15, -0.1) is 0 Å². The molecule has 0 aromatic carbocycles. The lowest BCUT2D eigenvalue weighted by molar-refractivity contribution is 0.171. The highest BCUT2D eigenvalue weighted by Crippen LogP contribution is 2.37. The second-order valence-electron chi connectivity index (χ2n) is 7.37. The molecule has 1 aliphatic rings. The third kappa shape index (κ3) is 5.27. The van der Waals surface area contributed by atoms with E-state index in [1.807, 2.05) is 0 Å². The van der Waals surface area contributed by atoms with E-state index in [9.17, 15) is 5.26 Å². The first-order valence-corrected chi connectivity index (χ1v) is 8.85. The van der Waals surface area contributed by atoms with Crippen molar-refractivity contribution >= 4 is 0 Å². The first-order valence-electron chi connectivity index (χ1n) is 8.85. The number of hydrogen-bond donors (Lipinski definition) is 1. The summed E-state index contributed by atoms with van der Waals surface area (Å²) in [6.07, 6.45) is 5.68. The summed E-state index contributed by atoms with van der Waals surface area (Å²) in [7, 11) is 0. The van der Waals surface area contributed by atoms with Crippen LogP contribution in [-0.4, -0.2) is 36.1 Å². The van der Waals surface area contributed by atoms with Gasteiger partial charge in [0.15, 0.2) is 0 Å². The van der Waals surface area contributed by atoms with Crippen LogP contribution in [0.25, 0.3) is 0 Å². The summed E-state index contributed by atoms with van der Waals surface area (Å²) in [5.41, 5.74) is -0.253. The third-order valence-electron chi connectivity index (χ3n) is 4.81. The lowest BCUT2D eigenvalue weighted by atomic mass is 9.85. The lowest BCUT2D eigenvalue weighted by Crippen LogP contribution is -2.48. The van der Waals surface area contributed by atoms with Crippen molar-refractivity contribution in [3.63, 3.8) is 0 Å². The average molecular weight is 293 g/mol. The van der Waals surface area contributed by atoms with E-state index in [1.165, 1.54) is 12.8 Å². The molecule has 0 aromatic rings. The van der Waals surface area contributed by atoms with Gasteiger partial charge in [-0.25, -0.2) is 0 Å². The van der Waals surface area contributed by atoms with Crippen molar-refractivity contribution in [3.05, 3.63) is 0 Å². The largest absolute Gasteiger partial charge is 0.301 e. The number of nitrogens with one attached hydrogen (secondary N) is 1. The van der Waals surface area contributed by atoms with E-state index in [2.05, 4.69) is 50.9 Å². The minimum atomic E-state index is -0.253. The van der Waals surface area contributed by atoms with Gasteiger partial charge in [-0.3, -0.25) is 5.32 Å². The van der Waals surface area contributed by atoms with Gasteiger partial charge < -0.3 is 4.90 Å². The Morgan fingerprint density at radius 1 is 1.33 bits per heavy atom. The highest BCUT2D eigenvalue weighted by molar-refractivity contribution is 5.14. The number of rotatable bonds is 9. The van der Waals surface area contributed by atoms with Crippen molar-refractivity contribution in [2.24, 2.45) is 11.8 Å². The zero-order chi connectivity index (χ0) is 15.9. The maximum Gasteiger partial charge on any atom is 0.109 e. The standard InChI is InChI=1S/C18H35N3/c1-6-11-20-18(14-19)10-7-8-17(18)9-12-21(16(4)5)13-15(2)3/h15-17,20H,6-13H2,1-5H3. The summed E-state index contributed by atoms with van der Waals surface area (Å²) < 4.78 is 0. The molecule has 0 amide bonds. The van der Waals surface area contributed by atoms with Crippen LogP contribution in [0.15, 0.2) is 0 Å². The minimum absolute atomic E-state index is 0.253. The highest BCUT2D eigenvalue weighted by atomic mass is 15.1. The Balaban J connectivity index is 2.60. The van der Waals surface area contributed by atoms with Crippen molar-refractivity contribution in [1.29, 1.82) is 5.26 Å². The summed E-state index contributed by atoms with van der Waals surface area (Å²) in [6, 6.07) is 3.22. The highest BCUT2D eigenvalue weighted by Gasteiger charge is 2.42. The van der Waals surface area contributed by atoms with Gasteiger partial charge >= 0.3 is 0 Å². The van der Waals surface area contributed by atoms with Crippen LogP contribution in [0.2, 0.25) is 0 Å². The predicted octanol–water partition coefficient (Wildman–Crippen LogP) is 3.80. The fourth-order valence-corrected chi connectivity index (χ4v) is 3.59. The van der Waals surface area contributed by atoms with Gasteiger partial charge in [0.25, 0.3) is 0 Å². The molecule has 0 radical (unpaired) electrons. The van der Waals surface area contributed by atoms with E-state index in [0.717, 1.165) is 38.9 Å². The Morgan fingerprint density at radius 3 is 2.57 bits per heavy atom. The molecule has 1 fully saturated rings. The SMILES string of the molecule is CCCNC1(C#N)CCCC1CCN(CC(C)C)C(C)C. The van der Waals surface area contributed by atoms with Crippen molar-refractivity contribution in [3.8, 4) is 6.07 Å². The maximum atomic E-state index is 9.71. The van der Waals surface area contributed by atoms with Crippen molar-refractivity contribution in [2.45, 2.75) is 78.3 Å². The van der Waals surface area contributed by atoms with Gasteiger partial charge in [-0.2, -0.15) is 5.26 Å². The zero-order valence-electron chi connectivity index (χ0n) is 14.8. The molecule has 122 valence electrons. The molecule has 0 spiro atoms. The molecule has 1 saturated carbocycles. The molecular formula is C18H35N3. The summed E-state index contributed by atoms with van der Waals surface area (Å²) in [5, 5.41) is 13.3. The van der Waals surface area contributed by atoms with E-state index in [0.29, 0.717) is 17.9 Å². The van der Waals surface area contributed by atoms with Crippen LogP contribution >= 0.6 is 0 Å². The van der Waals surface area contributed by atoms with Crippen LogP contribution in [0.5, 0.6) is 0 Å². The van der Waals surface area contributed by atoms with Crippen LogP contribution in [0.3, 0.4) is 0 Å². The molecular weight excluding hydrogens is 258 g/mol. The average Bonchev–Trinajstić information content (AvgIpc) is 2.84. The topological polar surface area (TPSA) is 39.1 Å². The van der Waals surface area contributed by atoms with Crippen molar-refractivity contribution in [2.75, 3.05) is 19.6 Å². The third-order valence-corrected chi connectivity index (χ3v) is 4.81. The Hall–Kier alpha value is -0.590. The van der Waals surface area contributed by atoms with Crippen LogP contribution in [-0.2, 0) is 0 Å². The Labute approximate surface area is 132 Å². The summed E-state index contributed by atoms with van der Waals surface area (Å²) >= 11 is 0. The van der Waals surface area contributed by atoms with Crippen LogP contribution in [0.1, 0.15) is 66.7 Å². The lowest BCUT2D eigenvalue weighted by Gasteiger charge is -2.34. The molecule has 2 unspecified atom stereocenters. The van der Waals surface area contributed by atoms with E-state index < -0.39 is 0 Å². The molecule has 0 heterocycles. The second kappa shape index (κ2) is 8.76. The first-order chi connectivity index (χ1) is 9.95. The quantitative estimate of drug-likeness (QED) is 0.702. The van der Waals surface area contributed by atoms with Crippen LogP contribution < -0.4 is 5.32 Å².